The summed E-state index contributed by atoms with van der Waals surface area (Å²) in [5.41, 5.74) is 1.90. The topological polar surface area (TPSA) is 32.7 Å². The van der Waals surface area contributed by atoms with E-state index in [0.29, 0.717) is 0 Å². The van der Waals surface area contributed by atoms with Crippen molar-refractivity contribution in [1.29, 1.82) is 0 Å². The molecule has 0 aromatic heterocycles. The number of hydrogen-bond acceptors (Lipinski definition) is 3. The smallest absolute Gasteiger partial charge is 0.134 e. The average Bonchev–Trinajstić information content (AvgIpc) is 2.39. The predicted molar refractivity (Wildman–Crippen MR) is 76.3 cm³/mol. The van der Waals surface area contributed by atoms with E-state index in [9.17, 15) is 5.11 Å². The van der Waals surface area contributed by atoms with Crippen molar-refractivity contribution in [1.82, 2.24) is 5.06 Å². The molecule has 2 rings (SSSR count). The average molecular weight is 261 g/mol. The number of piperidine rings is 1. The highest BCUT2D eigenvalue weighted by molar-refractivity contribution is 5.17. The Hall–Kier alpha value is -1.32. The van der Waals surface area contributed by atoms with Crippen LogP contribution in [0.1, 0.15) is 44.8 Å². The Balaban J connectivity index is 2.15. The molecule has 1 aromatic carbocycles. The first-order valence-corrected chi connectivity index (χ1v) is 6.85. The van der Waals surface area contributed by atoms with Gasteiger partial charge in [-0.05, 0) is 38.7 Å². The molecule has 1 atom stereocenters. The number of hydroxylamine groups is 2. The first-order valence-electron chi connectivity index (χ1n) is 6.85. The number of aliphatic hydroxyl groups excluding tert-OH is 1. The second-order valence-electron chi connectivity index (χ2n) is 5.71. The maximum absolute atomic E-state index is 9.59. The minimum atomic E-state index is -0.338. The Morgan fingerprint density at radius 2 is 2.05 bits per heavy atom. The molecule has 0 saturated carbocycles. The van der Waals surface area contributed by atoms with Crippen LogP contribution in [0.5, 0.6) is 0 Å². The molecule has 104 valence electrons. The Labute approximate surface area is 115 Å². The summed E-state index contributed by atoms with van der Waals surface area (Å²) in [5.74, 6) is 0. The van der Waals surface area contributed by atoms with E-state index in [1.165, 1.54) is 0 Å². The summed E-state index contributed by atoms with van der Waals surface area (Å²) in [4.78, 5) is 6.04. The molecule has 1 saturated heterocycles. The van der Waals surface area contributed by atoms with Crippen LogP contribution in [0, 0.1) is 0 Å². The van der Waals surface area contributed by atoms with Gasteiger partial charge in [0.05, 0.1) is 12.1 Å². The van der Waals surface area contributed by atoms with Crippen LogP contribution in [-0.2, 0) is 4.84 Å². The van der Waals surface area contributed by atoms with E-state index in [4.69, 9.17) is 4.84 Å². The second-order valence-corrected chi connectivity index (χ2v) is 5.71. The molecular formula is C16H23NO2. The molecule has 1 N–H and O–H groups in total. The number of allylic oxidation sites excluding steroid dienone is 1. The highest BCUT2D eigenvalue weighted by Gasteiger charge is 2.34. The van der Waals surface area contributed by atoms with Gasteiger partial charge in [0.2, 0.25) is 0 Å². The fraction of sp³-hybridized carbons (Fsp3) is 0.500. The van der Waals surface area contributed by atoms with Crippen LogP contribution in [0.25, 0.3) is 0 Å². The van der Waals surface area contributed by atoms with Crippen molar-refractivity contribution in [2.45, 2.75) is 44.8 Å². The Kier molecular flexibility index (Phi) is 4.27. The van der Waals surface area contributed by atoms with Crippen molar-refractivity contribution in [3.05, 3.63) is 48.2 Å². The SMILES string of the molecule is C=C1CCCC(C)(C)N1O[C@H](CO)c1ccccc1. The molecule has 0 unspecified atom stereocenters. The summed E-state index contributed by atoms with van der Waals surface area (Å²) in [6, 6.07) is 9.82. The minimum absolute atomic E-state index is 0.0378. The van der Waals surface area contributed by atoms with Gasteiger partial charge in [-0.3, -0.25) is 9.90 Å². The summed E-state index contributed by atoms with van der Waals surface area (Å²) in [7, 11) is 0. The Morgan fingerprint density at radius 1 is 1.37 bits per heavy atom. The lowest BCUT2D eigenvalue weighted by molar-refractivity contribution is -0.241. The molecule has 0 spiro atoms. The van der Waals surface area contributed by atoms with Crippen LogP contribution in [0.2, 0.25) is 0 Å². The van der Waals surface area contributed by atoms with Crippen LogP contribution in [0.15, 0.2) is 42.6 Å². The largest absolute Gasteiger partial charge is 0.393 e. The summed E-state index contributed by atoms with van der Waals surface area (Å²) in [5, 5.41) is 11.5. The molecular weight excluding hydrogens is 238 g/mol. The van der Waals surface area contributed by atoms with E-state index in [1.807, 2.05) is 35.4 Å². The van der Waals surface area contributed by atoms with E-state index in [2.05, 4.69) is 20.4 Å². The van der Waals surface area contributed by atoms with Crippen LogP contribution >= 0.6 is 0 Å². The molecule has 3 heteroatoms. The number of aliphatic hydroxyl groups is 1. The standard InChI is InChI=1S/C16H23NO2/c1-13-8-7-11-16(2,3)17(13)19-15(12-18)14-9-5-4-6-10-14/h4-6,9-10,15,18H,1,7-8,11-12H2,2-3H3/t15-/m1/s1. The van der Waals surface area contributed by atoms with Crippen molar-refractivity contribution in [2.75, 3.05) is 6.61 Å². The van der Waals surface area contributed by atoms with Gasteiger partial charge < -0.3 is 5.11 Å². The summed E-state index contributed by atoms with van der Waals surface area (Å²) in [6.07, 6.45) is 2.83. The van der Waals surface area contributed by atoms with E-state index in [1.54, 1.807) is 0 Å². The van der Waals surface area contributed by atoms with Gasteiger partial charge in [-0.2, -0.15) is 0 Å². The van der Waals surface area contributed by atoms with E-state index in [0.717, 1.165) is 30.5 Å². The van der Waals surface area contributed by atoms with E-state index < -0.39 is 0 Å². The zero-order valence-electron chi connectivity index (χ0n) is 11.8. The van der Waals surface area contributed by atoms with Gasteiger partial charge in [0.1, 0.15) is 6.10 Å². The fourth-order valence-electron chi connectivity index (χ4n) is 2.57. The third-order valence-electron chi connectivity index (χ3n) is 3.66. The number of hydrogen-bond donors (Lipinski definition) is 1. The molecule has 19 heavy (non-hydrogen) atoms. The number of benzene rings is 1. The van der Waals surface area contributed by atoms with Crippen molar-refractivity contribution in [3.8, 4) is 0 Å². The van der Waals surface area contributed by atoms with Gasteiger partial charge >= 0.3 is 0 Å². The van der Waals surface area contributed by atoms with Crippen molar-refractivity contribution >= 4 is 0 Å². The lowest BCUT2D eigenvalue weighted by Crippen LogP contribution is -2.46. The normalized spacial score (nSPS) is 20.4. The van der Waals surface area contributed by atoms with Crippen LogP contribution in [0.4, 0.5) is 0 Å². The number of rotatable bonds is 4. The summed E-state index contributed by atoms with van der Waals surface area (Å²) >= 11 is 0. The summed E-state index contributed by atoms with van der Waals surface area (Å²) in [6.45, 7) is 8.35. The Morgan fingerprint density at radius 3 is 2.63 bits per heavy atom. The van der Waals surface area contributed by atoms with Crippen LogP contribution < -0.4 is 0 Å². The van der Waals surface area contributed by atoms with Gasteiger partial charge in [0.15, 0.2) is 0 Å². The summed E-state index contributed by atoms with van der Waals surface area (Å²) < 4.78 is 0. The molecule has 0 aliphatic carbocycles. The zero-order chi connectivity index (χ0) is 13.9. The third kappa shape index (κ3) is 3.17. The Bertz CT molecular complexity index is 428. The van der Waals surface area contributed by atoms with Gasteiger partial charge in [-0.15, -0.1) is 0 Å². The highest BCUT2D eigenvalue weighted by atomic mass is 16.7. The molecule has 0 amide bonds. The zero-order valence-corrected chi connectivity index (χ0v) is 11.8. The molecule has 1 aromatic rings. The van der Waals surface area contributed by atoms with Crippen molar-refractivity contribution in [2.24, 2.45) is 0 Å². The monoisotopic (exact) mass is 261 g/mol. The lowest BCUT2D eigenvalue weighted by atomic mass is 9.91. The fourth-order valence-corrected chi connectivity index (χ4v) is 2.57. The lowest BCUT2D eigenvalue weighted by Gasteiger charge is -2.45. The molecule has 1 fully saturated rings. The molecule has 0 radical (unpaired) electrons. The predicted octanol–water partition coefficient (Wildman–Crippen LogP) is 3.43. The van der Waals surface area contributed by atoms with Crippen LogP contribution in [0.3, 0.4) is 0 Å². The quantitative estimate of drug-likeness (QED) is 0.901. The van der Waals surface area contributed by atoms with Gasteiger partial charge in [-0.25, -0.2) is 0 Å². The van der Waals surface area contributed by atoms with Crippen molar-refractivity contribution in [3.63, 3.8) is 0 Å². The molecule has 1 aliphatic rings. The minimum Gasteiger partial charge on any atom is -0.393 e. The van der Waals surface area contributed by atoms with Crippen LogP contribution in [-0.4, -0.2) is 22.3 Å². The van der Waals surface area contributed by atoms with Gasteiger partial charge in [0, 0.05) is 5.70 Å². The number of nitrogens with zero attached hydrogens (tertiary/aromatic N) is 1. The second kappa shape index (κ2) is 5.76. The first-order chi connectivity index (χ1) is 9.04. The van der Waals surface area contributed by atoms with E-state index in [-0.39, 0.29) is 18.2 Å². The highest BCUT2D eigenvalue weighted by Crippen LogP contribution is 2.35. The van der Waals surface area contributed by atoms with Crippen molar-refractivity contribution < 1.29 is 9.94 Å². The molecule has 1 aliphatic heterocycles. The van der Waals surface area contributed by atoms with Gasteiger partial charge in [0.25, 0.3) is 0 Å². The molecule has 0 bridgehead atoms. The van der Waals surface area contributed by atoms with E-state index >= 15 is 0 Å². The maximum Gasteiger partial charge on any atom is 0.134 e. The molecule has 3 nitrogen and oxygen atoms in total. The maximum atomic E-state index is 9.59. The third-order valence-corrected chi connectivity index (χ3v) is 3.66. The first kappa shape index (κ1) is 14.1. The molecule has 1 heterocycles. The van der Waals surface area contributed by atoms with Gasteiger partial charge in [-0.1, -0.05) is 36.9 Å².